The Morgan fingerprint density at radius 2 is 1.03 bits per heavy atom. The van der Waals surface area contributed by atoms with E-state index < -0.39 is 5.41 Å². The summed E-state index contributed by atoms with van der Waals surface area (Å²) in [5.41, 5.74) is 12.6. The number of fused-ring (bicyclic) bond motifs is 12. The average Bonchev–Trinajstić information content (AvgIpc) is 3.40. The van der Waals surface area contributed by atoms with E-state index in [4.69, 9.17) is 11.6 Å². The van der Waals surface area contributed by atoms with Crippen LogP contribution < -0.4 is 0 Å². The van der Waals surface area contributed by atoms with Gasteiger partial charge in [-0.2, -0.15) is 0 Å². The maximum Gasteiger partial charge on any atom is 0.0726 e. The van der Waals surface area contributed by atoms with Crippen LogP contribution in [-0.4, -0.2) is 0 Å². The number of hydrogen-bond acceptors (Lipinski definition) is 0. The lowest BCUT2D eigenvalue weighted by Crippen LogP contribution is -2.26. The Kier molecular flexibility index (Phi) is 4.02. The van der Waals surface area contributed by atoms with E-state index in [0.717, 1.165) is 10.4 Å². The lowest BCUT2D eigenvalue weighted by Gasteiger charge is -2.31. The van der Waals surface area contributed by atoms with E-state index in [2.05, 4.69) is 127 Å². The van der Waals surface area contributed by atoms with Gasteiger partial charge in [0.25, 0.3) is 0 Å². The van der Waals surface area contributed by atoms with Crippen LogP contribution in [0.25, 0.3) is 44.2 Å². The summed E-state index contributed by atoms with van der Waals surface area (Å²) in [5.74, 6) is 0. The van der Waals surface area contributed by atoms with Crippen LogP contribution in [0.2, 0.25) is 5.02 Å². The second-order valence-corrected chi connectivity index (χ2v) is 10.2. The molecule has 0 bridgehead atoms. The molecule has 0 saturated carbocycles. The molecule has 0 aromatic heterocycles. The van der Waals surface area contributed by atoms with Crippen molar-refractivity contribution < 1.29 is 0 Å². The summed E-state index contributed by atoms with van der Waals surface area (Å²) in [5, 5.41) is 3.13. The van der Waals surface area contributed by atoms with Crippen molar-refractivity contribution in [2.24, 2.45) is 0 Å². The normalized spacial score (nSPS) is 13.9. The Morgan fingerprint density at radius 3 is 1.75 bits per heavy atom. The van der Waals surface area contributed by atoms with E-state index in [-0.39, 0.29) is 0 Å². The summed E-state index contributed by atoms with van der Waals surface area (Å²) in [7, 11) is 0. The Balaban J connectivity index is 1.59. The van der Waals surface area contributed by atoms with Gasteiger partial charge in [0, 0.05) is 10.4 Å². The zero-order valence-corrected chi connectivity index (χ0v) is 20.3. The standard InChI is InChI=1S/C35H21Cl/c36-33-21-32-34(27-15-5-4-14-26(27)33)28-19-18-23(22-10-2-1-3-11-22)20-31(28)35(32)29-16-8-6-12-24(29)25-13-7-9-17-30(25)35/h1-21H. The zero-order chi connectivity index (χ0) is 23.9. The summed E-state index contributed by atoms with van der Waals surface area (Å²) >= 11 is 7.03. The monoisotopic (exact) mass is 476 g/mol. The predicted molar refractivity (Wildman–Crippen MR) is 151 cm³/mol. The second-order valence-electron chi connectivity index (χ2n) is 9.79. The van der Waals surface area contributed by atoms with Gasteiger partial charge in [0.15, 0.2) is 0 Å². The number of hydrogen-bond donors (Lipinski definition) is 0. The van der Waals surface area contributed by atoms with Crippen LogP contribution in [-0.2, 0) is 5.41 Å². The van der Waals surface area contributed by atoms with Crippen molar-refractivity contribution in [2.75, 3.05) is 0 Å². The molecule has 6 aromatic carbocycles. The Labute approximate surface area is 215 Å². The first-order chi connectivity index (χ1) is 17.8. The van der Waals surface area contributed by atoms with Gasteiger partial charge in [0.2, 0.25) is 0 Å². The van der Waals surface area contributed by atoms with Crippen LogP contribution >= 0.6 is 11.6 Å². The minimum Gasteiger partial charge on any atom is -0.0837 e. The molecule has 1 heteroatoms. The van der Waals surface area contributed by atoms with E-state index in [1.165, 1.54) is 61.0 Å². The lowest BCUT2D eigenvalue weighted by atomic mass is 9.70. The Bertz CT molecular complexity index is 1800. The van der Waals surface area contributed by atoms with Gasteiger partial charge in [-0.3, -0.25) is 0 Å². The molecule has 0 amide bonds. The molecule has 1 spiro atoms. The van der Waals surface area contributed by atoms with Crippen LogP contribution in [0.4, 0.5) is 0 Å². The predicted octanol–water partition coefficient (Wildman–Crippen LogP) is 9.50. The van der Waals surface area contributed by atoms with Crippen LogP contribution in [0.5, 0.6) is 0 Å². The smallest absolute Gasteiger partial charge is 0.0726 e. The zero-order valence-electron chi connectivity index (χ0n) is 19.5. The molecule has 0 atom stereocenters. The van der Waals surface area contributed by atoms with Gasteiger partial charge in [-0.15, -0.1) is 0 Å². The van der Waals surface area contributed by atoms with Crippen molar-refractivity contribution in [3.05, 3.63) is 155 Å². The molecule has 0 heterocycles. The summed E-state index contributed by atoms with van der Waals surface area (Å²) in [4.78, 5) is 0. The molecule has 0 fully saturated rings. The van der Waals surface area contributed by atoms with E-state index in [9.17, 15) is 0 Å². The van der Waals surface area contributed by atoms with Crippen molar-refractivity contribution in [1.82, 2.24) is 0 Å². The maximum absolute atomic E-state index is 7.03. The molecule has 0 saturated heterocycles. The molecule has 0 nitrogen and oxygen atoms in total. The first-order valence-corrected chi connectivity index (χ1v) is 12.8. The number of halogens is 1. The van der Waals surface area contributed by atoms with Crippen molar-refractivity contribution in [3.8, 4) is 33.4 Å². The van der Waals surface area contributed by atoms with Gasteiger partial charge in [0.1, 0.15) is 0 Å². The maximum atomic E-state index is 7.03. The fourth-order valence-electron chi connectivity index (χ4n) is 6.76. The fourth-order valence-corrected chi connectivity index (χ4v) is 7.03. The van der Waals surface area contributed by atoms with Crippen LogP contribution in [0.3, 0.4) is 0 Å². The van der Waals surface area contributed by atoms with Crippen molar-refractivity contribution >= 4 is 22.4 Å². The third kappa shape index (κ3) is 2.40. The van der Waals surface area contributed by atoms with Gasteiger partial charge >= 0.3 is 0 Å². The highest BCUT2D eigenvalue weighted by Gasteiger charge is 2.52. The molecular weight excluding hydrogens is 456 g/mol. The highest BCUT2D eigenvalue weighted by Crippen LogP contribution is 2.64. The highest BCUT2D eigenvalue weighted by atomic mass is 35.5. The second kappa shape index (κ2) is 7.20. The van der Waals surface area contributed by atoms with Gasteiger partial charge in [0.05, 0.1) is 5.41 Å². The summed E-state index contributed by atoms with van der Waals surface area (Å²) in [6, 6.07) is 46.3. The summed E-state index contributed by atoms with van der Waals surface area (Å²) in [6.07, 6.45) is 0. The molecule has 6 aromatic rings. The lowest BCUT2D eigenvalue weighted by molar-refractivity contribution is 0.795. The summed E-state index contributed by atoms with van der Waals surface area (Å²) < 4.78 is 0. The molecule has 168 valence electrons. The van der Waals surface area contributed by atoms with Gasteiger partial charge in [-0.25, -0.2) is 0 Å². The molecule has 0 unspecified atom stereocenters. The molecule has 0 radical (unpaired) electrons. The number of benzene rings is 6. The molecular formula is C35H21Cl. The Morgan fingerprint density at radius 1 is 0.417 bits per heavy atom. The van der Waals surface area contributed by atoms with Crippen molar-refractivity contribution in [1.29, 1.82) is 0 Å². The molecule has 2 aliphatic carbocycles. The molecule has 0 N–H and O–H groups in total. The van der Waals surface area contributed by atoms with Crippen LogP contribution in [0.1, 0.15) is 22.3 Å². The average molecular weight is 477 g/mol. The third-order valence-electron chi connectivity index (χ3n) is 8.15. The third-order valence-corrected chi connectivity index (χ3v) is 8.46. The van der Waals surface area contributed by atoms with E-state index in [1.54, 1.807) is 0 Å². The van der Waals surface area contributed by atoms with Crippen molar-refractivity contribution in [2.45, 2.75) is 5.41 Å². The highest BCUT2D eigenvalue weighted by molar-refractivity contribution is 6.36. The number of rotatable bonds is 1. The van der Waals surface area contributed by atoms with Crippen molar-refractivity contribution in [3.63, 3.8) is 0 Å². The first-order valence-electron chi connectivity index (χ1n) is 12.4. The Hall–Kier alpha value is -4.13. The molecule has 0 aliphatic heterocycles. The minimum absolute atomic E-state index is 0.406. The topological polar surface area (TPSA) is 0 Å². The first kappa shape index (κ1) is 20.1. The fraction of sp³-hybridized carbons (Fsp3) is 0.0286. The van der Waals surface area contributed by atoms with Gasteiger partial charge < -0.3 is 0 Å². The van der Waals surface area contributed by atoms with E-state index in [0.29, 0.717) is 0 Å². The molecule has 2 aliphatic rings. The summed E-state index contributed by atoms with van der Waals surface area (Å²) in [6.45, 7) is 0. The van der Waals surface area contributed by atoms with E-state index in [1.807, 2.05) is 0 Å². The quantitative estimate of drug-likeness (QED) is 0.221. The van der Waals surface area contributed by atoms with Gasteiger partial charge in [-0.05, 0) is 73.2 Å². The minimum atomic E-state index is -0.406. The van der Waals surface area contributed by atoms with Crippen LogP contribution in [0.15, 0.2) is 127 Å². The van der Waals surface area contributed by atoms with E-state index >= 15 is 0 Å². The molecule has 36 heavy (non-hydrogen) atoms. The SMILES string of the molecule is Clc1cc2c(c3ccccc13)-c1ccc(-c3ccccc3)cc1C21c2ccccc2-c2ccccc21. The van der Waals surface area contributed by atoms with Crippen LogP contribution in [0, 0.1) is 0 Å². The largest absolute Gasteiger partial charge is 0.0837 e. The molecule has 8 rings (SSSR count). The van der Waals surface area contributed by atoms with Gasteiger partial charge in [-0.1, -0.05) is 127 Å².